The van der Waals surface area contributed by atoms with E-state index in [9.17, 15) is 8.78 Å². The molecule has 0 aromatic carbocycles. The molecule has 0 N–H and O–H groups in total. The Morgan fingerprint density at radius 1 is 1.23 bits per heavy atom. The minimum absolute atomic E-state index is 0.250. The Labute approximate surface area is 79.7 Å². The Balaban J connectivity index is 0.000000251. The molecule has 2 rings (SSSR count). The number of rotatable bonds is 0. The third-order valence-electron chi connectivity index (χ3n) is 3.41. The van der Waals surface area contributed by atoms with Crippen LogP contribution in [0.1, 0.15) is 40.5 Å². The van der Waals surface area contributed by atoms with Crippen LogP contribution < -0.4 is 0 Å². The predicted octanol–water partition coefficient (Wildman–Crippen LogP) is 3.96. The van der Waals surface area contributed by atoms with Gasteiger partial charge in [0.05, 0.1) is 0 Å². The van der Waals surface area contributed by atoms with Crippen molar-refractivity contribution in [3.63, 3.8) is 0 Å². The summed E-state index contributed by atoms with van der Waals surface area (Å²) in [6, 6.07) is 0. The maximum atomic E-state index is 13.0. The summed E-state index contributed by atoms with van der Waals surface area (Å²) in [5.41, 5.74) is 0. The number of hydrogen-bond acceptors (Lipinski definition) is 0. The Morgan fingerprint density at radius 2 is 1.69 bits per heavy atom. The average Bonchev–Trinajstić information content (AvgIpc) is 2.78. The van der Waals surface area contributed by atoms with Crippen molar-refractivity contribution >= 4 is 0 Å². The highest BCUT2D eigenvalue weighted by Crippen LogP contribution is 2.65. The van der Waals surface area contributed by atoms with Gasteiger partial charge in [-0.3, -0.25) is 0 Å². The van der Waals surface area contributed by atoms with E-state index in [1.165, 1.54) is 6.42 Å². The normalized spacial score (nSPS) is 44.8. The van der Waals surface area contributed by atoms with Gasteiger partial charge in [0.15, 0.2) is 0 Å². The van der Waals surface area contributed by atoms with Crippen LogP contribution in [0.2, 0.25) is 0 Å². The highest BCUT2D eigenvalue weighted by Gasteiger charge is 2.67. The van der Waals surface area contributed by atoms with Gasteiger partial charge in [-0.25, -0.2) is 8.78 Å². The lowest BCUT2D eigenvalue weighted by molar-refractivity contribution is -0.0621. The molecule has 0 saturated heterocycles. The van der Waals surface area contributed by atoms with Crippen LogP contribution in [0.25, 0.3) is 0 Å². The molecule has 2 aliphatic carbocycles. The van der Waals surface area contributed by atoms with E-state index in [-0.39, 0.29) is 17.8 Å². The van der Waals surface area contributed by atoms with E-state index in [0.717, 1.165) is 6.42 Å². The van der Waals surface area contributed by atoms with Crippen LogP contribution in [0.5, 0.6) is 0 Å². The van der Waals surface area contributed by atoms with Crippen LogP contribution in [0.3, 0.4) is 0 Å². The molecule has 13 heavy (non-hydrogen) atoms. The lowest BCUT2D eigenvalue weighted by Gasteiger charge is -2.21. The number of alkyl halides is 2. The van der Waals surface area contributed by atoms with Crippen LogP contribution in [0, 0.1) is 23.7 Å². The van der Waals surface area contributed by atoms with Gasteiger partial charge in [0, 0.05) is 11.8 Å². The highest BCUT2D eigenvalue weighted by atomic mass is 19.3. The second-order valence-electron chi connectivity index (χ2n) is 4.54. The Morgan fingerprint density at radius 3 is 1.85 bits per heavy atom. The smallest absolute Gasteiger partial charge is 0.206 e. The molecule has 0 aliphatic heterocycles. The molecule has 2 fully saturated rings. The first-order valence-corrected chi connectivity index (χ1v) is 5.34. The minimum Gasteiger partial charge on any atom is -0.206 e. The summed E-state index contributed by atoms with van der Waals surface area (Å²) < 4.78 is 26.0. The van der Waals surface area contributed by atoms with E-state index < -0.39 is 5.92 Å². The summed E-state index contributed by atoms with van der Waals surface area (Å²) >= 11 is 0. The summed E-state index contributed by atoms with van der Waals surface area (Å²) in [6.45, 7) is 7.88. The third kappa shape index (κ3) is 1.72. The quantitative estimate of drug-likeness (QED) is 0.542. The van der Waals surface area contributed by atoms with Crippen LogP contribution >= 0.6 is 0 Å². The van der Waals surface area contributed by atoms with Crippen molar-refractivity contribution in [2.45, 2.75) is 46.5 Å². The monoisotopic (exact) mass is 190 g/mol. The SMILES string of the molecule is CC1C2CC2C(F)(F)C1C.CCC. The summed E-state index contributed by atoms with van der Waals surface area (Å²) in [4.78, 5) is 0. The minimum atomic E-state index is -2.34. The lowest BCUT2D eigenvalue weighted by atomic mass is 9.93. The lowest BCUT2D eigenvalue weighted by Crippen LogP contribution is -2.26. The van der Waals surface area contributed by atoms with E-state index in [2.05, 4.69) is 13.8 Å². The fourth-order valence-electron chi connectivity index (χ4n) is 2.30. The molecule has 0 radical (unpaired) electrons. The van der Waals surface area contributed by atoms with Crippen LogP contribution in [-0.4, -0.2) is 5.92 Å². The van der Waals surface area contributed by atoms with Gasteiger partial charge in [0.2, 0.25) is 0 Å². The van der Waals surface area contributed by atoms with Crippen molar-refractivity contribution in [3.05, 3.63) is 0 Å². The standard InChI is InChI=1S/C8H12F2.C3H8/c1-4-5(2)8(9,10)7-3-6(4)7;1-3-2/h4-7H,3H2,1-2H3;3H2,1-2H3. The van der Waals surface area contributed by atoms with Crippen molar-refractivity contribution in [3.8, 4) is 0 Å². The van der Waals surface area contributed by atoms with Crippen LogP contribution in [0.15, 0.2) is 0 Å². The van der Waals surface area contributed by atoms with E-state index in [4.69, 9.17) is 0 Å². The van der Waals surface area contributed by atoms with Gasteiger partial charge in [0.1, 0.15) is 0 Å². The summed E-state index contributed by atoms with van der Waals surface area (Å²) in [5.74, 6) is -2.37. The molecule has 0 amide bonds. The molecule has 2 heteroatoms. The number of halogens is 2. The third-order valence-corrected chi connectivity index (χ3v) is 3.41. The van der Waals surface area contributed by atoms with Crippen LogP contribution in [0.4, 0.5) is 8.78 Å². The zero-order valence-corrected chi connectivity index (χ0v) is 8.98. The fourth-order valence-corrected chi connectivity index (χ4v) is 2.30. The first kappa shape index (κ1) is 10.9. The van der Waals surface area contributed by atoms with Crippen molar-refractivity contribution < 1.29 is 8.78 Å². The Bertz CT molecular complexity index is 175. The first-order chi connectivity index (χ1) is 5.96. The second kappa shape index (κ2) is 3.55. The van der Waals surface area contributed by atoms with Crippen LogP contribution in [-0.2, 0) is 0 Å². The molecule has 2 aliphatic rings. The first-order valence-electron chi connectivity index (χ1n) is 5.34. The topological polar surface area (TPSA) is 0 Å². The van der Waals surface area contributed by atoms with E-state index >= 15 is 0 Å². The largest absolute Gasteiger partial charge is 0.253 e. The van der Waals surface area contributed by atoms with Gasteiger partial charge in [-0.2, -0.15) is 0 Å². The summed E-state index contributed by atoms with van der Waals surface area (Å²) in [7, 11) is 0. The van der Waals surface area contributed by atoms with Gasteiger partial charge in [0.25, 0.3) is 5.92 Å². The van der Waals surface area contributed by atoms with Gasteiger partial charge in [-0.1, -0.05) is 34.1 Å². The molecule has 0 heterocycles. The molecule has 0 bridgehead atoms. The molecule has 0 nitrogen and oxygen atoms in total. The Kier molecular flexibility index (Phi) is 2.98. The fraction of sp³-hybridized carbons (Fsp3) is 1.00. The van der Waals surface area contributed by atoms with Crippen molar-refractivity contribution in [1.82, 2.24) is 0 Å². The zero-order valence-electron chi connectivity index (χ0n) is 8.98. The van der Waals surface area contributed by atoms with Crippen molar-refractivity contribution in [2.75, 3.05) is 0 Å². The molecule has 0 spiro atoms. The highest BCUT2D eigenvalue weighted by molar-refractivity contribution is 5.09. The zero-order chi connectivity index (χ0) is 10.2. The molecule has 0 aromatic rings. The molecular weight excluding hydrogens is 170 g/mol. The summed E-state index contributed by atoms with van der Waals surface area (Å²) in [5, 5.41) is 0. The van der Waals surface area contributed by atoms with Gasteiger partial charge < -0.3 is 0 Å². The maximum Gasteiger partial charge on any atom is 0.253 e. The second-order valence-corrected chi connectivity index (χ2v) is 4.54. The van der Waals surface area contributed by atoms with E-state index in [0.29, 0.717) is 5.92 Å². The van der Waals surface area contributed by atoms with Gasteiger partial charge in [-0.05, 0) is 18.3 Å². The molecule has 78 valence electrons. The number of fused-ring (bicyclic) bond motifs is 1. The predicted molar refractivity (Wildman–Crippen MR) is 50.8 cm³/mol. The summed E-state index contributed by atoms with van der Waals surface area (Å²) in [6.07, 6.45) is 2.03. The van der Waals surface area contributed by atoms with Crippen molar-refractivity contribution in [1.29, 1.82) is 0 Å². The molecule has 4 atom stereocenters. The molecule has 0 aromatic heterocycles. The van der Waals surface area contributed by atoms with E-state index in [1.807, 2.05) is 6.92 Å². The van der Waals surface area contributed by atoms with Gasteiger partial charge >= 0.3 is 0 Å². The van der Waals surface area contributed by atoms with E-state index in [1.54, 1.807) is 6.92 Å². The maximum absolute atomic E-state index is 13.0. The Hall–Kier alpha value is -0.140. The van der Waals surface area contributed by atoms with Crippen molar-refractivity contribution in [2.24, 2.45) is 23.7 Å². The molecule has 2 saturated carbocycles. The molecule has 4 unspecified atom stereocenters. The van der Waals surface area contributed by atoms with Gasteiger partial charge in [-0.15, -0.1) is 0 Å². The average molecular weight is 190 g/mol. The number of hydrogen-bond donors (Lipinski definition) is 0. The molecular formula is C11H20F2.